The number of carbonyl (C=O) groups is 1. The molecule has 0 heterocycles. The Kier molecular flexibility index (Phi) is 8.68. The van der Waals surface area contributed by atoms with Crippen LogP contribution in [0.3, 0.4) is 0 Å². The highest BCUT2D eigenvalue weighted by Crippen LogP contribution is 2.20. The van der Waals surface area contributed by atoms with Gasteiger partial charge in [0.2, 0.25) is 0 Å². The summed E-state index contributed by atoms with van der Waals surface area (Å²) in [6.07, 6.45) is 2.74. The third-order valence-electron chi connectivity index (χ3n) is 3.30. The zero-order chi connectivity index (χ0) is 15.0. The Bertz CT molecular complexity index is 297. The Morgan fingerprint density at radius 3 is 2.21 bits per heavy atom. The molecule has 0 saturated heterocycles. The van der Waals surface area contributed by atoms with Gasteiger partial charge in [0.1, 0.15) is 6.10 Å². The highest BCUT2D eigenvalue weighted by atomic mass is 16.4. The van der Waals surface area contributed by atoms with Gasteiger partial charge in [0.15, 0.2) is 0 Å². The topological polar surface area (TPSA) is 77.8 Å². The van der Waals surface area contributed by atoms with Gasteiger partial charge in [-0.2, -0.15) is 0 Å². The molecule has 0 aliphatic rings. The van der Waals surface area contributed by atoms with Gasteiger partial charge in [0, 0.05) is 6.08 Å². The maximum Gasteiger partial charge on any atom is 0.328 e. The fourth-order valence-electron chi connectivity index (χ4n) is 2.12. The Labute approximate surface area is 116 Å². The van der Waals surface area contributed by atoms with Gasteiger partial charge in [-0.25, -0.2) is 4.79 Å². The summed E-state index contributed by atoms with van der Waals surface area (Å²) in [5.41, 5.74) is 0.286. The van der Waals surface area contributed by atoms with E-state index in [-0.39, 0.29) is 5.57 Å². The minimum atomic E-state index is -1.10. The normalized spacial score (nSPS) is 17.3. The number of carboxylic acids is 1. The van der Waals surface area contributed by atoms with Crippen molar-refractivity contribution in [3.05, 3.63) is 11.6 Å². The van der Waals surface area contributed by atoms with Crippen molar-refractivity contribution in [2.75, 3.05) is 0 Å². The molecule has 112 valence electrons. The molecule has 0 aromatic carbocycles. The van der Waals surface area contributed by atoms with Crippen molar-refractivity contribution in [2.24, 2.45) is 11.8 Å². The van der Waals surface area contributed by atoms with E-state index in [2.05, 4.69) is 13.8 Å². The van der Waals surface area contributed by atoms with Crippen LogP contribution in [0.4, 0.5) is 0 Å². The average Bonchev–Trinajstić information content (AvgIpc) is 2.26. The van der Waals surface area contributed by atoms with Crippen LogP contribution >= 0.6 is 0 Å². The summed E-state index contributed by atoms with van der Waals surface area (Å²) in [7, 11) is 0. The Morgan fingerprint density at radius 1 is 1.16 bits per heavy atom. The lowest BCUT2D eigenvalue weighted by Crippen LogP contribution is -2.29. The highest BCUT2D eigenvalue weighted by Gasteiger charge is 2.20. The minimum Gasteiger partial charge on any atom is -0.478 e. The fraction of sp³-hybridized carbons (Fsp3) is 0.800. The Morgan fingerprint density at radius 2 is 1.74 bits per heavy atom. The summed E-state index contributed by atoms with van der Waals surface area (Å²) in [5.74, 6) is -0.0989. The summed E-state index contributed by atoms with van der Waals surface area (Å²) >= 11 is 0. The van der Waals surface area contributed by atoms with Gasteiger partial charge in [-0.1, -0.05) is 40.0 Å². The van der Waals surface area contributed by atoms with Gasteiger partial charge in [-0.05, 0) is 30.8 Å². The number of aliphatic hydroxyl groups is 2. The maximum atomic E-state index is 10.5. The Hall–Kier alpha value is -0.870. The number of rotatable bonds is 9. The van der Waals surface area contributed by atoms with Crippen molar-refractivity contribution in [3.8, 4) is 0 Å². The van der Waals surface area contributed by atoms with Crippen LogP contribution in [0.5, 0.6) is 0 Å². The molecule has 0 saturated carbocycles. The summed E-state index contributed by atoms with van der Waals surface area (Å²) in [4.78, 5) is 10.5. The summed E-state index contributed by atoms with van der Waals surface area (Å²) in [6, 6.07) is 0. The zero-order valence-electron chi connectivity index (χ0n) is 12.5. The van der Waals surface area contributed by atoms with Crippen LogP contribution in [0.2, 0.25) is 0 Å². The molecule has 0 spiro atoms. The molecule has 0 aromatic heterocycles. The SMILES string of the molecule is CC(=CC(=O)O)C(O)C(O)CC(C)CCCC(C)C. The molecular formula is C15H28O4. The van der Waals surface area contributed by atoms with Crippen molar-refractivity contribution < 1.29 is 20.1 Å². The van der Waals surface area contributed by atoms with Crippen LogP contribution in [0, 0.1) is 11.8 Å². The van der Waals surface area contributed by atoms with Crippen molar-refractivity contribution in [2.45, 2.75) is 65.6 Å². The number of aliphatic hydroxyl groups excluding tert-OH is 2. The molecule has 3 N–H and O–H groups in total. The van der Waals surface area contributed by atoms with E-state index in [1.54, 1.807) is 0 Å². The first-order valence-electron chi connectivity index (χ1n) is 7.01. The second-order valence-corrected chi connectivity index (χ2v) is 5.90. The van der Waals surface area contributed by atoms with Crippen LogP contribution in [0.1, 0.15) is 53.4 Å². The molecule has 4 heteroatoms. The van der Waals surface area contributed by atoms with E-state index >= 15 is 0 Å². The van der Waals surface area contributed by atoms with Crippen molar-refractivity contribution >= 4 is 5.97 Å². The van der Waals surface area contributed by atoms with E-state index in [0.29, 0.717) is 18.3 Å². The molecule has 19 heavy (non-hydrogen) atoms. The smallest absolute Gasteiger partial charge is 0.328 e. The lowest BCUT2D eigenvalue weighted by atomic mass is 9.92. The molecule has 3 unspecified atom stereocenters. The molecule has 0 aromatic rings. The molecule has 4 nitrogen and oxygen atoms in total. The van der Waals surface area contributed by atoms with E-state index in [9.17, 15) is 15.0 Å². The lowest BCUT2D eigenvalue weighted by Gasteiger charge is -2.22. The Balaban J connectivity index is 4.14. The first kappa shape index (κ1) is 18.1. The standard InChI is InChI=1S/C15H28O4/c1-10(2)6-5-7-11(3)8-13(16)15(19)12(4)9-14(17)18/h9-11,13,15-16,19H,5-8H2,1-4H3,(H,17,18). The third-order valence-corrected chi connectivity index (χ3v) is 3.30. The molecule has 3 atom stereocenters. The fourth-order valence-corrected chi connectivity index (χ4v) is 2.12. The zero-order valence-corrected chi connectivity index (χ0v) is 12.5. The van der Waals surface area contributed by atoms with Gasteiger partial charge in [0.05, 0.1) is 6.10 Å². The number of carboxylic acid groups (broad SMARTS) is 1. The average molecular weight is 272 g/mol. The number of hydrogen-bond acceptors (Lipinski definition) is 3. The van der Waals surface area contributed by atoms with Gasteiger partial charge >= 0.3 is 5.97 Å². The second kappa shape index (κ2) is 9.10. The lowest BCUT2D eigenvalue weighted by molar-refractivity contribution is -0.131. The molecular weight excluding hydrogens is 244 g/mol. The quantitative estimate of drug-likeness (QED) is 0.564. The first-order valence-corrected chi connectivity index (χ1v) is 7.01. The van der Waals surface area contributed by atoms with Crippen LogP contribution in [0.15, 0.2) is 11.6 Å². The van der Waals surface area contributed by atoms with E-state index < -0.39 is 18.2 Å². The molecule has 0 bridgehead atoms. The first-order chi connectivity index (χ1) is 8.73. The van der Waals surface area contributed by atoms with E-state index in [1.165, 1.54) is 13.3 Å². The molecule has 0 fully saturated rings. The van der Waals surface area contributed by atoms with Crippen molar-refractivity contribution in [1.29, 1.82) is 0 Å². The van der Waals surface area contributed by atoms with Gasteiger partial charge < -0.3 is 15.3 Å². The summed E-state index contributed by atoms with van der Waals surface area (Å²) < 4.78 is 0. The van der Waals surface area contributed by atoms with Crippen LogP contribution in [-0.2, 0) is 4.79 Å². The third kappa shape index (κ3) is 8.78. The molecule has 0 aliphatic carbocycles. The second-order valence-electron chi connectivity index (χ2n) is 5.90. The highest BCUT2D eigenvalue weighted by molar-refractivity contribution is 5.80. The maximum absolute atomic E-state index is 10.5. The number of hydrogen-bond donors (Lipinski definition) is 3. The predicted octanol–water partition coefficient (Wildman–Crippen LogP) is 2.59. The molecule has 0 rings (SSSR count). The largest absolute Gasteiger partial charge is 0.478 e. The van der Waals surface area contributed by atoms with E-state index in [1.807, 2.05) is 6.92 Å². The van der Waals surface area contributed by atoms with Crippen molar-refractivity contribution in [1.82, 2.24) is 0 Å². The monoisotopic (exact) mass is 272 g/mol. The van der Waals surface area contributed by atoms with Crippen LogP contribution in [0.25, 0.3) is 0 Å². The van der Waals surface area contributed by atoms with Crippen molar-refractivity contribution in [3.63, 3.8) is 0 Å². The van der Waals surface area contributed by atoms with Gasteiger partial charge in [-0.15, -0.1) is 0 Å². The minimum absolute atomic E-state index is 0.286. The van der Waals surface area contributed by atoms with Crippen LogP contribution in [-0.4, -0.2) is 33.5 Å². The molecule has 0 aliphatic heterocycles. The van der Waals surface area contributed by atoms with Gasteiger partial charge in [-0.3, -0.25) is 0 Å². The summed E-state index contributed by atoms with van der Waals surface area (Å²) in [6.45, 7) is 7.94. The molecule has 0 radical (unpaired) electrons. The van der Waals surface area contributed by atoms with Gasteiger partial charge in [0.25, 0.3) is 0 Å². The van der Waals surface area contributed by atoms with E-state index in [0.717, 1.165) is 18.9 Å². The summed E-state index contributed by atoms with van der Waals surface area (Å²) in [5, 5.41) is 28.3. The number of aliphatic carboxylic acids is 1. The van der Waals surface area contributed by atoms with E-state index in [4.69, 9.17) is 5.11 Å². The predicted molar refractivity (Wildman–Crippen MR) is 75.9 cm³/mol. The molecule has 0 amide bonds. The van der Waals surface area contributed by atoms with Crippen LogP contribution < -0.4 is 0 Å².